The predicted molar refractivity (Wildman–Crippen MR) is 124 cm³/mol. The van der Waals surface area contributed by atoms with Crippen molar-refractivity contribution in [3.05, 3.63) is 12.2 Å². The van der Waals surface area contributed by atoms with Crippen molar-refractivity contribution < 1.29 is 24.2 Å². The Kier molecular flexibility index (Phi) is 9.70. The maximum absolute atomic E-state index is 13.6. The van der Waals surface area contributed by atoms with Crippen molar-refractivity contribution >= 4 is 17.7 Å². The molecule has 0 saturated carbocycles. The number of nitrogens with one attached hydrogen (secondary N) is 2. The maximum Gasteiger partial charge on any atom is 0.243 e. The van der Waals surface area contributed by atoms with Gasteiger partial charge in [-0.15, -0.1) is 0 Å². The molecule has 9 nitrogen and oxygen atoms in total. The first-order valence-corrected chi connectivity index (χ1v) is 12.4. The molecule has 0 spiro atoms. The molecule has 3 amide bonds. The molecule has 0 aromatic carbocycles. The molecular formula is C24H40N4O5. The van der Waals surface area contributed by atoms with Crippen LogP contribution in [-0.2, 0) is 19.1 Å². The van der Waals surface area contributed by atoms with Gasteiger partial charge in [0.25, 0.3) is 0 Å². The molecule has 2 heterocycles. The van der Waals surface area contributed by atoms with E-state index in [4.69, 9.17) is 4.74 Å². The molecule has 0 bridgehead atoms. The van der Waals surface area contributed by atoms with Crippen LogP contribution in [0.5, 0.6) is 0 Å². The summed E-state index contributed by atoms with van der Waals surface area (Å²) >= 11 is 0. The van der Waals surface area contributed by atoms with E-state index in [1.165, 1.54) is 0 Å². The van der Waals surface area contributed by atoms with Gasteiger partial charge in [0.1, 0.15) is 6.04 Å². The van der Waals surface area contributed by atoms with Crippen LogP contribution in [-0.4, -0.2) is 98.3 Å². The Morgan fingerprint density at radius 2 is 1.91 bits per heavy atom. The second-order valence-electron chi connectivity index (χ2n) is 9.23. The lowest BCUT2D eigenvalue weighted by molar-refractivity contribution is -0.140. The number of likely N-dealkylation sites (tertiary alicyclic amines) is 1. The summed E-state index contributed by atoms with van der Waals surface area (Å²) < 4.78 is 5.37. The zero-order valence-corrected chi connectivity index (χ0v) is 20.0. The summed E-state index contributed by atoms with van der Waals surface area (Å²) in [7, 11) is 1.60. The number of aliphatic hydroxyl groups excluding tert-OH is 1. The minimum absolute atomic E-state index is 0.0115. The summed E-state index contributed by atoms with van der Waals surface area (Å²) in [4.78, 5) is 43.7. The third kappa shape index (κ3) is 5.94. The van der Waals surface area contributed by atoms with Gasteiger partial charge in [0.2, 0.25) is 17.7 Å². The van der Waals surface area contributed by atoms with Crippen LogP contribution in [0.4, 0.5) is 0 Å². The number of aliphatic hydroxyl groups is 1. The van der Waals surface area contributed by atoms with Crippen molar-refractivity contribution in [3.8, 4) is 0 Å². The first kappa shape index (κ1) is 25.6. The van der Waals surface area contributed by atoms with Crippen LogP contribution in [0.3, 0.4) is 0 Å². The lowest BCUT2D eigenvalue weighted by Gasteiger charge is -2.34. The van der Waals surface area contributed by atoms with Crippen LogP contribution in [0.2, 0.25) is 0 Å². The summed E-state index contributed by atoms with van der Waals surface area (Å²) in [5.41, 5.74) is 0. The van der Waals surface area contributed by atoms with Crippen molar-refractivity contribution in [1.29, 1.82) is 0 Å². The number of ether oxygens (including phenoxy) is 1. The fourth-order valence-electron chi connectivity index (χ4n) is 5.53. The molecule has 0 radical (unpaired) electrons. The van der Waals surface area contributed by atoms with Gasteiger partial charge in [0.05, 0.1) is 25.0 Å². The second-order valence-corrected chi connectivity index (χ2v) is 9.23. The lowest BCUT2D eigenvalue weighted by Crippen LogP contribution is -2.49. The molecule has 1 aliphatic carbocycles. The number of hydrogen-bond acceptors (Lipinski definition) is 6. The minimum Gasteiger partial charge on any atom is -0.396 e. The highest BCUT2D eigenvalue weighted by atomic mass is 16.5. The van der Waals surface area contributed by atoms with E-state index in [1.54, 1.807) is 11.9 Å². The standard InChI is InChI=1S/C24H40N4O5/c1-3-6-17-7-8-18-20(19(17)22(30)25-2)24(32)28(10-4-5-14-29)21(18)23(31)26-9-11-27-12-15-33-16-13-27/h7-8,17-21,29H,3-6,9-16H2,1-2H3,(H,25,30)(H,26,31)/t17-,18+,19-,20+,21+/m1/s1. The van der Waals surface area contributed by atoms with Crippen LogP contribution in [0.15, 0.2) is 12.2 Å². The Balaban J connectivity index is 1.77. The van der Waals surface area contributed by atoms with Crippen molar-refractivity contribution in [2.45, 2.75) is 38.6 Å². The molecule has 0 aromatic rings. The van der Waals surface area contributed by atoms with Crippen LogP contribution in [0, 0.1) is 23.7 Å². The van der Waals surface area contributed by atoms with Gasteiger partial charge in [-0.25, -0.2) is 0 Å². The summed E-state index contributed by atoms with van der Waals surface area (Å²) in [5, 5.41) is 15.0. The van der Waals surface area contributed by atoms with Gasteiger partial charge in [-0.3, -0.25) is 19.3 Å². The van der Waals surface area contributed by atoms with Crippen LogP contribution >= 0.6 is 0 Å². The molecule has 33 heavy (non-hydrogen) atoms. The van der Waals surface area contributed by atoms with E-state index in [-0.39, 0.29) is 36.2 Å². The number of amides is 3. The average Bonchev–Trinajstić information content (AvgIpc) is 3.11. The molecule has 3 rings (SSSR count). The summed E-state index contributed by atoms with van der Waals surface area (Å²) in [6, 6.07) is -0.628. The predicted octanol–water partition coefficient (Wildman–Crippen LogP) is -0.00120. The molecule has 2 aliphatic heterocycles. The van der Waals surface area contributed by atoms with E-state index < -0.39 is 17.9 Å². The van der Waals surface area contributed by atoms with Crippen LogP contribution in [0.25, 0.3) is 0 Å². The highest BCUT2D eigenvalue weighted by Crippen LogP contribution is 2.45. The Hall–Kier alpha value is -1.97. The number of fused-ring (bicyclic) bond motifs is 1. The Bertz CT molecular complexity index is 709. The average molecular weight is 465 g/mol. The number of nitrogens with zero attached hydrogens (tertiary/aromatic N) is 2. The van der Waals surface area contributed by atoms with E-state index in [9.17, 15) is 19.5 Å². The van der Waals surface area contributed by atoms with Crippen molar-refractivity contribution in [1.82, 2.24) is 20.4 Å². The summed E-state index contributed by atoms with van der Waals surface area (Å²) in [5.74, 6) is -1.76. The van der Waals surface area contributed by atoms with Gasteiger partial charge in [-0.2, -0.15) is 0 Å². The summed E-state index contributed by atoms with van der Waals surface area (Å²) in [6.07, 6.45) is 6.97. The van der Waals surface area contributed by atoms with Crippen molar-refractivity contribution in [2.75, 3.05) is 59.6 Å². The number of carbonyl (C=O) groups excluding carboxylic acids is 3. The number of hydrogen-bond donors (Lipinski definition) is 3. The van der Waals surface area contributed by atoms with E-state index >= 15 is 0 Å². The topological polar surface area (TPSA) is 111 Å². The Morgan fingerprint density at radius 1 is 1.15 bits per heavy atom. The van der Waals surface area contributed by atoms with Gasteiger partial charge in [-0.05, 0) is 25.2 Å². The monoisotopic (exact) mass is 464 g/mol. The number of carbonyl (C=O) groups is 3. The number of rotatable bonds is 11. The molecule has 0 unspecified atom stereocenters. The largest absolute Gasteiger partial charge is 0.396 e. The quantitative estimate of drug-likeness (QED) is 0.293. The smallest absolute Gasteiger partial charge is 0.243 e. The van der Waals surface area contributed by atoms with E-state index in [1.807, 2.05) is 12.2 Å². The molecule has 3 N–H and O–H groups in total. The van der Waals surface area contributed by atoms with Gasteiger partial charge in [0, 0.05) is 52.3 Å². The Morgan fingerprint density at radius 3 is 2.58 bits per heavy atom. The van der Waals surface area contributed by atoms with Crippen molar-refractivity contribution in [3.63, 3.8) is 0 Å². The van der Waals surface area contributed by atoms with Crippen molar-refractivity contribution in [2.24, 2.45) is 23.7 Å². The zero-order valence-electron chi connectivity index (χ0n) is 20.0. The molecule has 186 valence electrons. The third-order valence-corrected chi connectivity index (χ3v) is 7.19. The highest BCUT2D eigenvalue weighted by Gasteiger charge is 2.56. The van der Waals surface area contributed by atoms with E-state index in [2.05, 4.69) is 22.5 Å². The van der Waals surface area contributed by atoms with Gasteiger partial charge in [-0.1, -0.05) is 25.5 Å². The summed E-state index contributed by atoms with van der Waals surface area (Å²) in [6.45, 7) is 6.89. The van der Waals surface area contributed by atoms with Gasteiger partial charge < -0.3 is 25.4 Å². The molecule has 9 heteroatoms. The maximum atomic E-state index is 13.6. The molecule has 0 aromatic heterocycles. The van der Waals surface area contributed by atoms with E-state index in [0.717, 1.165) is 32.5 Å². The molecule has 3 aliphatic rings. The third-order valence-electron chi connectivity index (χ3n) is 7.19. The van der Waals surface area contributed by atoms with E-state index in [0.29, 0.717) is 39.1 Å². The number of unbranched alkanes of at least 4 members (excludes halogenated alkanes) is 1. The van der Waals surface area contributed by atoms with Crippen LogP contribution < -0.4 is 10.6 Å². The molecule has 2 fully saturated rings. The normalized spacial score (nSPS) is 29.7. The molecule has 5 atom stereocenters. The minimum atomic E-state index is -0.628. The van der Waals surface area contributed by atoms with Crippen LogP contribution in [0.1, 0.15) is 32.6 Å². The lowest BCUT2D eigenvalue weighted by atomic mass is 9.68. The number of morpholine rings is 1. The first-order chi connectivity index (χ1) is 16.0. The number of allylic oxidation sites excluding steroid dienone is 1. The fourth-order valence-corrected chi connectivity index (χ4v) is 5.53. The second kappa shape index (κ2) is 12.5. The van der Waals surface area contributed by atoms with Gasteiger partial charge in [0.15, 0.2) is 0 Å². The molecule has 2 saturated heterocycles. The first-order valence-electron chi connectivity index (χ1n) is 12.4. The highest BCUT2D eigenvalue weighted by molar-refractivity contribution is 5.96. The Labute approximate surface area is 196 Å². The SMILES string of the molecule is CCC[C@@H]1C=C[C@H]2[C@H](C(=O)N(CCCCO)[C@@H]2C(=O)NCCN2CCOCC2)[C@@H]1C(=O)NC. The zero-order chi connectivity index (χ0) is 23.8. The fraction of sp³-hybridized carbons (Fsp3) is 0.792. The van der Waals surface area contributed by atoms with Gasteiger partial charge >= 0.3 is 0 Å². The molecular weight excluding hydrogens is 424 g/mol.